The van der Waals surface area contributed by atoms with E-state index in [1.54, 1.807) is 18.2 Å². The summed E-state index contributed by atoms with van der Waals surface area (Å²) < 4.78 is -1.99. The molecule has 0 radical (unpaired) electrons. The zero-order valence-corrected chi connectivity index (χ0v) is 10.1. The number of hydrogen-bond donors (Lipinski definition) is 2. The van der Waals surface area contributed by atoms with E-state index < -0.39 is 9.70 Å². The van der Waals surface area contributed by atoms with Gasteiger partial charge in [-0.25, -0.2) is 0 Å². The Morgan fingerprint density at radius 3 is 2.47 bits per heavy atom. The first-order valence-electron chi connectivity index (χ1n) is 4.05. The molecule has 0 atom stereocenters. The highest BCUT2D eigenvalue weighted by atomic mass is 35.6. The van der Waals surface area contributed by atoms with Gasteiger partial charge in [-0.3, -0.25) is 4.79 Å². The van der Waals surface area contributed by atoms with Crippen molar-refractivity contribution in [2.75, 3.05) is 11.1 Å². The summed E-state index contributed by atoms with van der Waals surface area (Å²) in [5, 5.41) is 2.42. The number of aryl methyl sites for hydroxylation is 1. The van der Waals surface area contributed by atoms with E-state index in [1.165, 1.54) is 0 Å². The number of carbonyl (C=O) groups is 1. The molecule has 0 aromatic heterocycles. The molecule has 1 amide bonds. The quantitative estimate of drug-likeness (QED) is 0.607. The molecule has 0 bridgehead atoms. The van der Waals surface area contributed by atoms with Crippen molar-refractivity contribution in [3.8, 4) is 0 Å². The van der Waals surface area contributed by atoms with Gasteiger partial charge in [0.2, 0.25) is 0 Å². The standard InChI is InChI=1S/C9H9Cl3N2O/c1-5-2-3-7(6(13)4-5)14-8(15)9(10,11)12/h2-4H,13H2,1H3,(H,14,15). The summed E-state index contributed by atoms with van der Waals surface area (Å²) in [5.74, 6) is -0.733. The van der Waals surface area contributed by atoms with E-state index in [4.69, 9.17) is 40.5 Å². The summed E-state index contributed by atoms with van der Waals surface area (Å²) in [6.07, 6.45) is 0. The molecule has 1 aromatic carbocycles. The van der Waals surface area contributed by atoms with Crippen LogP contribution in [0.3, 0.4) is 0 Å². The van der Waals surface area contributed by atoms with Crippen LogP contribution in [0.2, 0.25) is 0 Å². The Labute approximate surface area is 102 Å². The van der Waals surface area contributed by atoms with E-state index in [1.807, 2.05) is 6.92 Å². The van der Waals surface area contributed by atoms with E-state index in [2.05, 4.69) is 5.32 Å². The maximum Gasteiger partial charge on any atom is 0.276 e. The monoisotopic (exact) mass is 266 g/mol. The molecule has 0 heterocycles. The van der Waals surface area contributed by atoms with Crippen molar-refractivity contribution in [2.45, 2.75) is 10.7 Å². The molecule has 0 saturated heterocycles. The van der Waals surface area contributed by atoms with Gasteiger partial charge in [0.1, 0.15) is 0 Å². The fourth-order valence-corrected chi connectivity index (χ4v) is 1.13. The predicted octanol–water partition coefficient (Wildman–Crippen LogP) is 2.89. The molecule has 82 valence electrons. The van der Waals surface area contributed by atoms with E-state index in [9.17, 15) is 4.79 Å². The molecule has 1 aromatic rings. The molecule has 0 spiro atoms. The van der Waals surface area contributed by atoms with Crippen LogP contribution in [0, 0.1) is 6.92 Å². The fourth-order valence-electron chi connectivity index (χ4n) is 0.989. The fraction of sp³-hybridized carbons (Fsp3) is 0.222. The SMILES string of the molecule is Cc1ccc(NC(=O)C(Cl)(Cl)Cl)c(N)c1. The number of hydrogen-bond acceptors (Lipinski definition) is 2. The van der Waals surface area contributed by atoms with Gasteiger partial charge >= 0.3 is 0 Å². The van der Waals surface area contributed by atoms with Crippen LogP contribution in [0.4, 0.5) is 11.4 Å². The lowest BCUT2D eigenvalue weighted by Crippen LogP contribution is -2.27. The van der Waals surface area contributed by atoms with Crippen LogP contribution in [-0.4, -0.2) is 9.70 Å². The Hall–Kier alpha value is -0.640. The largest absolute Gasteiger partial charge is 0.397 e. The normalized spacial score (nSPS) is 11.2. The zero-order valence-electron chi connectivity index (χ0n) is 7.85. The maximum absolute atomic E-state index is 11.3. The third-order valence-electron chi connectivity index (χ3n) is 1.71. The van der Waals surface area contributed by atoms with Gasteiger partial charge in [0.15, 0.2) is 0 Å². The number of anilines is 2. The summed E-state index contributed by atoms with van der Waals surface area (Å²) in [7, 11) is 0. The van der Waals surface area contributed by atoms with E-state index in [-0.39, 0.29) is 0 Å². The highest BCUT2D eigenvalue weighted by Crippen LogP contribution is 2.29. The second kappa shape index (κ2) is 4.47. The van der Waals surface area contributed by atoms with Crippen LogP contribution in [-0.2, 0) is 4.79 Å². The first kappa shape index (κ1) is 12.4. The van der Waals surface area contributed by atoms with E-state index in [0.29, 0.717) is 11.4 Å². The highest BCUT2D eigenvalue weighted by molar-refractivity contribution is 6.76. The Morgan fingerprint density at radius 1 is 1.40 bits per heavy atom. The minimum atomic E-state index is -1.99. The maximum atomic E-state index is 11.3. The third kappa shape index (κ3) is 3.45. The number of halogens is 3. The van der Waals surface area contributed by atoms with Crippen LogP contribution in [0.1, 0.15) is 5.56 Å². The molecule has 0 saturated carbocycles. The molecule has 3 nitrogen and oxygen atoms in total. The zero-order chi connectivity index (χ0) is 11.6. The van der Waals surface area contributed by atoms with Gasteiger partial charge < -0.3 is 11.1 Å². The molecule has 0 unspecified atom stereocenters. The van der Waals surface area contributed by atoms with Crippen LogP contribution in [0.25, 0.3) is 0 Å². The smallest absolute Gasteiger partial charge is 0.276 e. The lowest BCUT2D eigenvalue weighted by atomic mass is 10.2. The van der Waals surface area contributed by atoms with E-state index in [0.717, 1.165) is 5.56 Å². The third-order valence-corrected chi connectivity index (χ3v) is 2.23. The lowest BCUT2D eigenvalue weighted by Gasteiger charge is -2.13. The Morgan fingerprint density at radius 2 is 2.00 bits per heavy atom. The minimum Gasteiger partial charge on any atom is -0.397 e. The second-order valence-electron chi connectivity index (χ2n) is 3.04. The van der Waals surface area contributed by atoms with Crippen molar-refractivity contribution in [2.24, 2.45) is 0 Å². The van der Waals surface area contributed by atoms with Gasteiger partial charge in [0.25, 0.3) is 9.70 Å². The number of nitrogens with two attached hydrogens (primary N) is 1. The Kier molecular flexibility index (Phi) is 3.71. The topological polar surface area (TPSA) is 55.1 Å². The first-order valence-corrected chi connectivity index (χ1v) is 5.18. The van der Waals surface area contributed by atoms with Crippen molar-refractivity contribution in [3.05, 3.63) is 23.8 Å². The molecular formula is C9H9Cl3N2O. The van der Waals surface area contributed by atoms with Gasteiger partial charge in [-0.15, -0.1) is 0 Å². The first-order chi connectivity index (χ1) is 6.80. The summed E-state index contributed by atoms with van der Waals surface area (Å²) in [4.78, 5) is 11.3. The molecule has 15 heavy (non-hydrogen) atoms. The van der Waals surface area contributed by atoms with Crippen LogP contribution in [0.15, 0.2) is 18.2 Å². The van der Waals surface area contributed by atoms with Crippen molar-refractivity contribution < 1.29 is 4.79 Å². The summed E-state index contributed by atoms with van der Waals surface area (Å²) >= 11 is 16.2. The minimum absolute atomic E-state index is 0.428. The van der Waals surface area contributed by atoms with Gasteiger partial charge in [0.05, 0.1) is 11.4 Å². The molecule has 0 fully saturated rings. The van der Waals surface area contributed by atoms with Crippen LogP contribution >= 0.6 is 34.8 Å². The van der Waals surface area contributed by atoms with Crippen molar-refractivity contribution >= 4 is 52.1 Å². The van der Waals surface area contributed by atoms with Crippen molar-refractivity contribution in [3.63, 3.8) is 0 Å². The molecule has 3 N–H and O–H groups in total. The molecule has 0 aliphatic heterocycles. The summed E-state index contributed by atoms with van der Waals surface area (Å²) in [6, 6.07) is 5.16. The molecule has 0 aliphatic rings. The molecule has 6 heteroatoms. The number of rotatable bonds is 1. The average molecular weight is 268 g/mol. The van der Waals surface area contributed by atoms with Crippen LogP contribution < -0.4 is 11.1 Å². The van der Waals surface area contributed by atoms with Crippen LogP contribution in [0.5, 0.6) is 0 Å². The number of alkyl halides is 3. The lowest BCUT2D eigenvalue weighted by molar-refractivity contribution is -0.115. The number of nitrogens with one attached hydrogen (secondary N) is 1. The number of nitrogen functional groups attached to an aromatic ring is 1. The average Bonchev–Trinajstić information content (AvgIpc) is 2.08. The van der Waals surface area contributed by atoms with E-state index >= 15 is 0 Å². The number of carbonyl (C=O) groups excluding carboxylic acids is 1. The van der Waals surface area contributed by atoms with Gasteiger partial charge in [0, 0.05) is 0 Å². The van der Waals surface area contributed by atoms with Crippen molar-refractivity contribution in [1.82, 2.24) is 0 Å². The number of benzene rings is 1. The van der Waals surface area contributed by atoms with Gasteiger partial charge in [-0.2, -0.15) is 0 Å². The van der Waals surface area contributed by atoms with Gasteiger partial charge in [-0.05, 0) is 24.6 Å². The molecule has 0 aliphatic carbocycles. The number of amides is 1. The van der Waals surface area contributed by atoms with Crippen molar-refractivity contribution in [1.29, 1.82) is 0 Å². The molecular weight excluding hydrogens is 258 g/mol. The molecule has 1 rings (SSSR count). The Bertz CT molecular complexity index is 387. The predicted molar refractivity (Wildman–Crippen MR) is 64.5 cm³/mol. The highest BCUT2D eigenvalue weighted by Gasteiger charge is 2.30. The summed E-state index contributed by atoms with van der Waals surface area (Å²) in [6.45, 7) is 1.89. The second-order valence-corrected chi connectivity index (χ2v) is 5.32. The summed E-state index contributed by atoms with van der Waals surface area (Å²) in [5.41, 5.74) is 7.51. The Balaban J connectivity index is 2.87. The van der Waals surface area contributed by atoms with Gasteiger partial charge in [-0.1, -0.05) is 40.9 Å².